The molecule has 0 saturated heterocycles. The van der Waals surface area contributed by atoms with E-state index in [2.05, 4.69) is 20.6 Å². The summed E-state index contributed by atoms with van der Waals surface area (Å²) in [6.07, 6.45) is 5.24. The average molecular weight is 459 g/mol. The Morgan fingerprint density at radius 3 is 2.64 bits per heavy atom. The quantitative estimate of drug-likeness (QED) is 0.283. The molecule has 2 aromatic heterocycles. The predicted octanol–water partition coefficient (Wildman–Crippen LogP) is 5.42. The number of anilines is 2. The third kappa shape index (κ3) is 4.75. The van der Waals surface area contributed by atoms with E-state index in [-0.39, 0.29) is 23.5 Å². The topological polar surface area (TPSA) is 97.1 Å². The number of aryl methyl sites for hydroxylation is 1. The first kappa shape index (κ1) is 21.2. The van der Waals surface area contributed by atoms with E-state index < -0.39 is 0 Å². The number of rotatable bonds is 7. The minimum atomic E-state index is -0.343. The van der Waals surface area contributed by atoms with Gasteiger partial charge in [-0.2, -0.15) is 0 Å². The average Bonchev–Trinajstić information content (AvgIpc) is 3.62. The molecular weight excluding hydrogens is 436 g/mol. The van der Waals surface area contributed by atoms with Gasteiger partial charge in [0.25, 0.3) is 5.91 Å². The lowest BCUT2D eigenvalue weighted by molar-refractivity contribution is -0.117. The van der Waals surface area contributed by atoms with Gasteiger partial charge in [-0.1, -0.05) is 36.0 Å². The summed E-state index contributed by atoms with van der Waals surface area (Å²) >= 11 is 1.44. The van der Waals surface area contributed by atoms with E-state index in [1.165, 1.54) is 11.8 Å². The highest BCUT2D eigenvalue weighted by molar-refractivity contribution is 7.98. The monoisotopic (exact) mass is 458 g/mol. The number of thioether (sulfide) groups is 1. The van der Waals surface area contributed by atoms with Crippen molar-refractivity contribution in [2.45, 2.75) is 30.7 Å². The van der Waals surface area contributed by atoms with Gasteiger partial charge in [0, 0.05) is 46.4 Å². The fourth-order valence-corrected chi connectivity index (χ4v) is 4.36. The number of benzene rings is 2. The minimum Gasteiger partial charge on any atom is -0.451 e. The Morgan fingerprint density at radius 2 is 1.85 bits per heavy atom. The molecule has 2 heterocycles. The molecule has 1 aliphatic rings. The van der Waals surface area contributed by atoms with E-state index in [1.807, 2.05) is 43.3 Å². The Morgan fingerprint density at radius 1 is 1.06 bits per heavy atom. The van der Waals surface area contributed by atoms with Gasteiger partial charge in [-0.3, -0.25) is 9.59 Å². The molecule has 33 heavy (non-hydrogen) atoms. The number of hydrogen-bond acceptors (Lipinski definition) is 6. The number of hydrogen-bond donors (Lipinski definition) is 2. The van der Waals surface area contributed by atoms with Crippen LogP contribution in [0.25, 0.3) is 11.0 Å². The molecular formula is C25H22N4O3S. The van der Waals surface area contributed by atoms with Gasteiger partial charge in [-0.05, 0) is 49.6 Å². The van der Waals surface area contributed by atoms with Crippen LogP contribution in [-0.4, -0.2) is 21.8 Å². The van der Waals surface area contributed by atoms with Crippen molar-refractivity contribution in [1.82, 2.24) is 9.97 Å². The van der Waals surface area contributed by atoms with Crippen LogP contribution in [0.15, 0.2) is 70.5 Å². The number of furan rings is 1. The molecule has 0 atom stereocenters. The third-order valence-electron chi connectivity index (χ3n) is 5.49. The summed E-state index contributed by atoms with van der Waals surface area (Å²) in [6, 6.07) is 14.8. The van der Waals surface area contributed by atoms with Crippen LogP contribution < -0.4 is 10.6 Å². The van der Waals surface area contributed by atoms with Crippen LogP contribution in [0.2, 0.25) is 0 Å². The number of fused-ring (bicyclic) bond motifs is 1. The summed E-state index contributed by atoms with van der Waals surface area (Å²) in [5, 5.41) is 7.40. The van der Waals surface area contributed by atoms with Crippen molar-refractivity contribution in [3.63, 3.8) is 0 Å². The lowest BCUT2D eigenvalue weighted by atomic mass is 10.1. The largest absolute Gasteiger partial charge is 0.451 e. The van der Waals surface area contributed by atoms with Crippen LogP contribution >= 0.6 is 11.8 Å². The zero-order valence-electron chi connectivity index (χ0n) is 18.0. The molecule has 1 saturated carbocycles. The maximum absolute atomic E-state index is 13.3. The number of nitrogens with one attached hydrogen (secondary N) is 2. The summed E-state index contributed by atoms with van der Waals surface area (Å²) in [6.45, 7) is 1.91. The first-order valence-electron chi connectivity index (χ1n) is 10.7. The molecule has 0 aliphatic heterocycles. The third-order valence-corrected chi connectivity index (χ3v) is 6.40. The van der Waals surface area contributed by atoms with Gasteiger partial charge in [0.05, 0.1) is 0 Å². The predicted molar refractivity (Wildman–Crippen MR) is 128 cm³/mol. The van der Waals surface area contributed by atoms with E-state index in [0.717, 1.165) is 29.4 Å². The Balaban J connectivity index is 1.40. The van der Waals surface area contributed by atoms with Crippen LogP contribution in [-0.2, 0) is 10.5 Å². The standard InChI is InChI=1S/C25H22N4O3S/c1-15-7-10-17(28-23(30)16-8-9-16)13-20(15)29-24(31)22-19(14-33-25-26-11-4-12-27-25)18-5-2-3-6-21(18)32-22/h2-7,10-13,16H,8-9,14H2,1H3,(H,28,30)(H,29,31). The van der Waals surface area contributed by atoms with Crippen LogP contribution in [0.4, 0.5) is 11.4 Å². The highest BCUT2D eigenvalue weighted by atomic mass is 32.2. The van der Waals surface area contributed by atoms with E-state index in [4.69, 9.17) is 4.42 Å². The van der Waals surface area contributed by atoms with Crippen molar-refractivity contribution in [2.75, 3.05) is 10.6 Å². The van der Waals surface area contributed by atoms with Crippen LogP contribution in [0.5, 0.6) is 0 Å². The summed E-state index contributed by atoms with van der Waals surface area (Å²) in [5.74, 6) is 0.528. The van der Waals surface area contributed by atoms with Gasteiger partial charge in [0.2, 0.25) is 5.91 Å². The van der Waals surface area contributed by atoms with Crippen LogP contribution in [0.1, 0.15) is 34.5 Å². The van der Waals surface area contributed by atoms with Gasteiger partial charge in [0.15, 0.2) is 10.9 Å². The Bertz CT molecular complexity index is 1330. The molecule has 4 aromatic rings. The number of carbonyl (C=O) groups excluding carboxylic acids is 2. The van der Waals surface area contributed by atoms with Gasteiger partial charge in [-0.15, -0.1) is 0 Å². The Labute approximate surface area is 195 Å². The van der Waals surface area contributed by atoms with Crippen molar-refractivity contribution in [3.8, 4) is 0 Å². The molecule has 0 radical (unpaired) electrons. The molecule has 7 nitrogen and oxygen atoms in total. The first-order valence-corrected chi connectivity index (χ1v) is 11.7. The van der Waals surface area contributed by atoms with Crippen molar-refractivity contribution in [1.29, 1.82) is 0 Å². The SMILES string of the molecule is Cc1ccc(NC(=O)C2CC2)cc1NC(=O)c1oc2ccccc2c1CSc1ncccn1. The normalized spacial score (nSPS) is 13.1. The van der Waals surface area contributed by atoms with Crippen molar-refractivity contribution in [3.05, 3.63) is 77.8 Å². The minimum absolute atomic E-state index is 0.0239. The van der Waals surface area contributed by atoms with Gasteiger partial charge >= 0.3 is 0 Å². The van der Waals surface area contributed by atoms with E-state index >= 15 is 0 Å². The van der Waals surface area contributed by atoms with E-state index in [9.17, 15) is 9.59 Å². The Hall–Kier alpha value is -3.65. The maximum Gasteiger partial charge on any atom is 0.291 e. The summed E-state index contributed by atoms with van der Waals surface area (Å²) < 4.78 is 5.96. The molecule has 2 aromatic carbocycles. The lowest BCUT2D eigenvalue weighted by Gasteiger charge is -2.11. The summed E-state index contributed by atoms with van der Waals surface area (Å²) in [4.78, 5) is 33.9. The second-order valence-electron chi connectivity index (χ2n) is 7.97. The molecule has 0 bridgehead atoms. The van der Waals surface area contributed by atoms with Gasteiger partial charge in [0.1, 0.15) is 5.58 Å². The molecule has 0 spiro atoms. The molecule has 1 aliphatic carbocycles. The molecule has 5 rings (SSSR count). The van der Waals surface area contributed by atoms with Crippen LogP contribution in [0.3, 0.4) is 0 Å². The molecule has 2 amide bonds. The van der Waals surface area contributed by atoms with Gasteiger partial charge in [-0.25, -0.2) is 9.97 Å². The second-order valence-corrected chi connectivity index (χ2v) is 8.92. The van der Waals surface area contributed by atoms with Gasteiger partial charge < -0.3 is 15.1 Å². The van der Waals surface area contributed by atoms with E-state index in [1.54, 1.807) is 24.5 Å². The zero-order valence-corrected chi connectivity index (χ0v) is 18.8. The van der Waals surface area contributed by atoms with Crippen LogP contribution in [0, 0.1) is 12.8 Å². The fourth-order valence-electron chi connectivity index (χ4n) is 3.53. The molecule has 2 N–H and O–H groups in total. The summed E-state index contributed by atoms with van der Waals surface area (Å²) in [7, 11) is 0. The number of amides is 2. The zero-order chi connectivity index (χ0) is 22.8. The smallest absolute Gasteiger partial charge is 0.291 e. The number of aromatic nitrogens is 2. The first-order chi connectivity index (χ1) is 16.1. The highest BCUT2D eigenvalue weighted by Crippen LogP contribution is 2.33. The second kappa shape index (κ2) is 9.07. The fraction of sp³-hybridized carbons (Fsp3) is 0.200. The molecule has 166 valence electrons. The summed E-state index contributed by atoms with van der Waals surface area (Å²) in [5.41, 5.74) is 3.61. The maximum atomic E-state index is 13.3. The van der Waals surface area contributed by atoms with Crippen molar-refractivity contribution >= 4 is 45.9 Å². The number of para-hydroxylation sites is 1. The lowest BCUT2D eigenvalue weighted by Crippen LogP contribution is -2.16. The molecule has 8 heteroatoms. The number of carbonyl (C=O) groups is 2. The van der Waals surface area contributed by atoms with Crippen molar-refractivity contribution < 1.29 is 14.0 Å². The molecule has 0 unspecified atom stereocenters. The Kier molecular flexibility index (Phi) is 5.83. The number of nitrogens with zero attached hydrogens (tertiary/aromatic N) is 2. The molecule has 1 fully saturated rings. The highest BCUT2D eigenvalue weighted by Gasteiger charge is 2.29. The van der Waals surface area contributed by atoms with E-state index in [0.29, 0.717) is 27.9 Å². The van der Waals surface area contributed by atoms with Crippen molar-refractivity contribution in [2.24, 2.45) is 5.92 Å².